The van der Waals surface area contributed by atoms with Crippen LogP contribution < -0.4 is 0 Å². The van der Waals surface area contributed by atoms with E-state index in [1.165, 1.54) is 0 Å². The van der Waals surface area contributed by atoms with Crippen LogP contribution in [-0.2, 0) is 4.89 Å². The van der Waals surface area contributed by atoms with Gasteiger partial charge in [0.25, 0.3) is 0 Å². The van der Waals surface area contributed by atoms with Gasteiger partial charge in [0, 0.05) is 0 Å². The Morgan fingerprint density at radius 2 is 1.57 bits per heavy atom. The van der Waals surface area contributed by atoms with E-state index >= 15 is 0 Å². The third-order valence-corrected chi connectivity index (χ3v) is 0.0745. The maximum atomic E-state index is 7.26. The minimum Gasteiger partial charge on any atom is -0.412 e. The molecule has 48 valence electrons. The fraction of sp³-hybridized carbons (Fsp3) is 0.500. The first-order valence-electron chi connectivity index (χ1n) is 0.827. The summed E-state index contributed by atoms with van der Waals surface area (Å²) in [5.74, 6) is 0. The van der Waals surface area contributed by atoms with Crippen LogP contribution in [0.2, 0.25) is 0 Å². The highest BCUT2D eigenvalue weighted by Gasteiger charge is 1.38. The van der Waals surface area contributed by atoms with Gasteiger partial charge in [-0.15, -0.1) is 0 Å². The normalized spacial score (nSPS) is 3.00. The molecule has 0 aromatic carbocycles. The predicted octanol–water partition coefficient (Wildman–Crippen LogP) is 1.07. The molecule has 0 unspecified atom stereocenters. The van der Waals surface area contributed by atoms with Gasteiger partial charge in [-0.25, -0.2) is 5.26 Å². The third-order valence-electron chi connectivity index (χ3n) is 0.0745. The summed E-state index contributed by atoms with van der Waals surface area (Å²) in [5.41, 5.74) is 0. The molecular weight excluding hydrogens is 96.0 g/mol. The van der Waals surface area contributed by atoms with Gasteiger partial charge in [0.05, 0.1) is 0 Å². The van der Waals surface area contributed by atoms with Crippen molar-refractivity contribution in [1.82, 2.24) is 0 Å². The Balaban J connectivity index is -0.0000000150. The summed E-state index contributed by atoms with van der Waals surface area (Å²) in [6, 6.07) is 0. The fourth-order valence-electron chi connectivity index (χ4n) is 0. The Bertz CT molecular complexity index is 20.9. The lowest BCUT2D eigenvalue weighted by Crippen LogP contribution is -1.56. The summed E-state index contributed by atoms with van der Waals surface area (Å²) in [6.45, 7) is 3.01. The van der Waals surface area contributed by atoms with Crippen molar-refractivity contribution in [2.24, 2.45) is 0 Å². The number of hydrogen-bond acceptors (Lipinski definition) is 2. The largest absolute Gasteiger partial charge is 0.412 e. The first-order valence-corrected chi connectivity index (χ1v) is 0.827. The highest BCUT2D eigenvalue weighted by Crippen LogP contribution is 1.51. The minimum atomic E-state index is 0. The standard InChI is InChI=1S/C2H4O2.2CH4.H2O/c1-2-4-3;;;/h2-3H,1H2;2*1H4;1H2. The Kier molecular flexibility index (Phi) is 232. The second-order valence-corrected chi connectivity index (χ2v) is 0.272. The average molecular weight is 110 g/mol. The highest BCUT2D eigenvalue weighted by molar-refractivity contribution is 4.40. The topological polar surface area (TPSA) is 61.0 Å². The SMILES string of the molecule is C.C.C=COO.O. The van der Waals surface area contributed by atoms with Crippen LogP contribution in [0.5, 0.6) is 0 Å². The van der Waals surface area contributed by atoms with E-state index in [2.05, 4.69) is 11.5 Å². The van der Waals surface area contributed by atoms with Gasteiger partial charge in [-0.2, -0.15) is 0 Å². The Labute approximate surface area is 44.5 Å². The van der Waals surface area contributed by atoms with Crippen molar-refractivity contribution in [2.45, 2.75) is 14.9 Å². The Hall–Kier alpha value is -0.540. The van der Waals surface area contributed by atoms with Gasteiger partial charge in [0.1, 0.15) is 6.26 Å². The molecule has 0 saturated carbocycles. The molecule has 0 bridgehead atoms. The monoisotopic (exact) mass is 110 g/mol. The van der Waals surface area contributed by atoms with Crippen LogP contribution in [0.3, 0.4) is 0 Å². The molecule has 0 aliphatic rings. The molecule has 0 radical (unpaired) electrons. The molecule has 0 fully saturated rings. The predicted molar refractivity (Wildman–Crippen MR) is 31.0 cm³/mol. The molecule has 0 heterocycles. The molecule has 3 nitrogen and oxygen atoms in total. The summed E-state index contributed by atoms with van der Waals surface area (Å²) in [6.07, 6.45) is 0.931. The summed E-state index contributed by atoms with van der Waals surface area (Å²) in [5, 5.41) is 7.26. The zero-order valence-corrected chi connectivity index (χ0v) is 2.64. The molecule has 0 saturated heterocycles. The summed E-state index contributed by atoms with van der Waals surface area (Å²) >= 11 is 0. The van der Waals surface area contributed by atoms with Gasteiger partial charge in [0.2, 0.25) is 0 Å². The van der Waals surface area contributed by atoms with E-state index in [4.69, 9.17) is 5.26 Å². The van der Waals surface area contributed by atoms with Gasteiger partial charge in [-0.05, 0) is 0 Å². The first-order chi connectivity index (χ1) is 1.91. The van der Waals surface area contributed by atoms with Crippen molar-refractivity contribution in [1.29, 1.82) is 0 Å². The second-order valence-electron chi connectivity index (χ2n) is 0.272. The molecule has 0 aromatic heterocycles. The van der Waals surface area contributed by atoms with Crippen molar-refractivity contribution in [3.05, 3.63) is 12.8 Å². The lowest BCUT2D eigenvalue weighted by molar-refractivity contribution is -0.186. The second kappa shape index (κ2) is 51.0. The van der Waals surface area contributed by atoms with E-state index in [0.29, 0.717) is 0 Å². The molecule has 3 N–H and O–H groups in total. The highest BCUT2D eigenvalue weighted by atomic mass is 17.1. The lowest BCUT2D eigenvalue weighted by atomic mass is 11.2. The van der Waals surface area contributed by atoms with Crippen LogP contribution in [0.4, 0.5) is 0 Å². The zero-order chi connectivity index (χ0) is 3.41. The van der Waals surface area contributed by atoms with E-state index in [-0.39, 0.29) is 20.3 Å². The number of rotatable bonds is 1. The molecular formula is C4H14O3. The molecule has 0 spiro atoms. The van der Waals surface area contributed by atoms with E-state index in [1.807, 2.05) is 0 Å². The van der Waals surface area contributed by atoms with Crippen molar-refractivity contribution < 1.29 is 15.6 Å². The lowest BCUT2D eigenvalue weighted by Gasteiger charge is -1.69. The van der Waals surface area contributed by atoms with Crippen LogP contribution in [0.15, 0.2) is 12.8 Å². The molecule has 7 heavy (non-hydrogen) atoms. The van der Waals surface area contributed by atoms with Gasteiger partial charge >= 0.3 is 0 Å². The molecule has 3 heteroatoms. The van der Waals surface area contributed by atoms with Gasteiger partial charge in [-0.1, -0.05) is 21.4 Å². The Morgan fingerprint density at radius 1 is 1.43 bits per heavy atom. The van der Waals surface area contributed by atoms with E-state index in [0.717, 1.165) is 6.26 Å². The average Bonchev–Trinajstić information content (AvgIpc) is 1.37. The van der Waals surface area contributed by atoms with Gasteiger partial charge in [-0.3, -0.25) is 0 Å². The molecule has 0 aliphatic heterocycles. The maximum absolute atomic E-state index is 7.26. The number of hydrogen-bond donors (Lipinski definition) is 1. The molecule has 0 amide bonds. The van der Waals surface area contributed by atoms with Crippen LogP contribution in [-0.4, -0.2) is 10.7 Å². The molecule has 0 atom stereocenters. The Morgan fingerprint density at radius 3 is 1.57 bits per heavy atom. The zero-order valence-electron chi connectivity index (χ0n) is 2.64. The van der Waals surface area contributed by atoms with Crippen LogP contribution in [0.1, 0.15) is 14.9 Å². The van der Waals surface area contributed by atoms with Crippen LogP contribution in [0, 0.1) is 0 Å². The van der Waals surface area contributed by atoms with Crippen molar-refractivity contribution >= 4 is 0 Å². The van der Waals surface area contributed by atoms with Crippen molar-refractivity contribution in [2.75, 3.05) is 0 Å². The third kappa shape index (κ3) is 309. The first kappa shape index (κ1) is 31.8. The van der Waals surface area contributed by atoms with Crippen LogP contribution in [0.25, 0.3) is 0 Å². The quantitative estimate of drug-likeness (QED) is 0.312. The van der Waals surface area contributed by atoms with E-state index < -0.39 is 0 Å². The van der Waals surface area contributed by atoms with E-state index in [1.54, 1.807) is 0 Å². The summed E-state index contributed by atoms with van der Waals surface area (Å²) in [4.78, 5) is 3.31. The van der Waals surface area contributed by atoms with E-state index in [9.17, 15) is 0 Å². The van der Waals surface area contributed by atoms with Crippen LogP contribution >= 0.6 is 0 Å². The summed E-state index contributed by atoms with van der Waals surface area (Å²) in [7, 11) is 0. The smallest absolute Gasteiger partial charge is 0.122 e. The minimum absolute atomic E-state index is 0. The molecule has 0 aliphatic carbocycles. The van der Waals surface area contributed by atoms with Gasteiger partial charge in [0.15, 0.2) is 0 Å². The summed E-state index contributed by atoms with van der Waals surface area (Å²) < 4.78 is 0. The van der Waals surface area contributed by atoms with Crippen molar-refractivity contribution in [3.63, 3.8) is 0 Å². The maximum Gasteiger partial charge on any atom is 0.122 e. The molecule has 0 aromatic rings. The van der Waals surface area contributed by atoms with Gasteiger partial charge < -0.3 is 10.4 Å². The van der Waals surface area contributed by atoms with Crippen molar-refractivity contribution in [3.8, 4) is 0 Å². The fourth-order valence-corrected chi connectivity index (χ4v) is 0. The molecule has 0 rings (SSSR count).